The summed E-state index contributed by atoms with van der Waals surface area (Å²) in [6, 6.07) is 4.58. The highest BCUT2D eigenvalue weighted by atomic mass is 16.6. The van der Waals surface area contributed by atoms with E-state index in [2.05, 4.69) is 17.2 Å². The average Bonchev–Trinajstić information content (AvgIpc) is 3.04. The van der Waals surface area contributed by atoms with Crippen LogP contribution >= 0.6 is 0 Å². The number of nitro groups is 1. The minimum Gasteiger partial charge on any atom is -0.369 e. The van der Waals surface area contributed by atoms with E-state index in [9.17, 15) is 10.1 Å². The standard InChI is InChI=1S/C11H12N4O2/c1-11(4-5-11)7-13-10-3-2-9(15(16)17)8(6-12)14-10/h2-3H,4-5,7H2,1H3,(H,13,14). The molecule has 88 valence electrons. The van der Waals surface area contributed by atoms with Gasteiger partial charge in [0, 0.05) is 12.6 Å². The van der Waals surface area contributed by atoms with E-state index in [0.29, 0.717) is 11.2 Å². The summed E-state index contributed by atoms with van der Waals surface area (Å²) in [6.07, 6.45) is 2.36. The molecule has 0 aromatic carbocycles. The molecule has 1 fully saturated rings. The van der Waals surface area contributed by atoms with Crippen molar-refractivity contribution in [2.24, 2.45) is 5.41 Å². The highest BCUT2D eigenvalue weighted by Crippen LogP contribution is 2.44. The van der Waals surface area contributed by atoms with Crippen molar-refractivity contribution in [1.82, 2.24) is 4.98 Å². The summed E-state index contributed by atoms with van der Waals surface area (Å²) in [4.78, 5) is 13.9. The van der Waals surface area contributed by atoms with Crippen LogP contribution in [0.4, 0.5) is 11.5 Å². The molecule has 0 amide bonds. The molecule has 0 bridgehead atoms. The fourth-order valence-electron chi connectivity index (χ4n) is 1.47. The summed E-state index contributed by atoms with van der Waals surface area (Å²) >= 11 is 0. The van der Waals surface area contributed by atoms with Crippen LogP contribution in [0, 0.1) is 26.9 Å². The molecule has 0 atom stereocenters. The molecule has 6 heteroatoms. The van der Waals surface area contributed by atoms with Crippen LogP contribution in [-0.4, -0.2) is 16.5 Å². The molecule has 1 aromatic heterocycles. The van der Waals surface area contributed by atoms with Crippen molar-refractivity contribution in [2.45, 2.75) is 19.8 Å². The van der Waals surface area contributed by atoms with Crippen LogP contribution in [0.5, 0.6) is 0 Å². The molecular weight excluding hydrogens is 220 g/mol. The molecule has 1 aliphatic carbocycles. The van der Waals surface area contributed by atoms with Crippen LogP contribution in [0.15, 0.2) is 12.1 Å². The number of hydrogen-bond donors (Lipinski definition) is 1. The number of hydrogen-bond acceptors (Lipinski definition) is 5. The fraction of sp³-hybridized carbons (Fsp3) is 0.455. The number of aromatic nitrogens is 1. The third-order valence-electron chi connectivity index (χ3n) is 2.98. The average molecular weight is 232 g/mol. The highest BCUT2D eigenvalue weighted by Gasteiger charge is 2.36. The van der Waals surface area contributed by atoms with Crippen LogP contribution in [0.3, 0.4) is 0 Å². The second-order valence-electron chi connectivity index (χ2n) is 4.60. The maximum atomic E-state index is 10.6. The molecule has 6 nitrogen and oxygen atoms in total. The Kier molecular flexibility index (Phi) is 2.68. The van der Waals surface area contributed by atoms with E-state index in [4.69, 9.17) is 5.26 Å². The molecule has 2 rings (SSSR count). The first-order valence-corrected chi connectivity index (χ1v) is 5.33. The van der Waals surface area contributed by atoms with Crippen LogP contribution in [0.25, 0.3) is 0 Å². The number of pyridine rings is 1. The van der Waals surface area contributed by atoms with Gasteiger partial charge in [0.25, 0.3) is 0 Å². The normalized spacial score (nSPS) is 16.0. The van der Waals surface area contributed by atoms with Crippen molar-refractivity contribution in [1.29, 1.82) is 5.26 Å². The maximum Gasteiger partial charge on any atom is 0.305 e. The number of nitrogens with one attached hydrogen (secondary N) is 1. The van der Waals surface area contributed by atoms with Gasteiger partial charge in [0.05, 0.1) is 4.92 Å². The van der Waals surface area contributed by atoms with E-state index in [-0.39, 0.29) is 11.4 Å². The zero-order chi connectivity index (χ0) is 12.5. The Morgan fingerprint density at radius 3 is 2.88 bits per heavy atom. The van der Waals surface area contributed by atoms with Gasteiger partial charge in [-0.3, -0.25) is 10.1 Å². The third kappa shape index (κ3) is 2.50. The van der Waals surface area contributed by atoms with Gasteiger partial charge in [-0.1, -0.05) is 6.92 Å². The molecule has 1 N–H and O–H groups in total. The minimum atomic E-state index is -0.600. The summed E-state index contributed by atoms with van der Waals surface area (Å²) in [5.41, 5.74) is -0.0902. The highest BCUT2D eigenvalue weighted by molar-refractivity contribution is 5.50. The molecule has 0 aliphatic heterocycles. The van der Waals surface area contributed by atoms with Gasteiger partial charge in [0.2, 0.25) is 5.69 Å². The molecule has 0 unspecified atom stereocenters. The summed E-state index contributed by atoms with van der Waals surface area (Å²) in [5.74, 6) is 0.514. The lowest BCUT2D eigenvalue weighted by Gasteiger charge is -2.10. The van der Waals surface area contributed by atoms with E-state index < -0.39 is 4.92 Å². The lowest BCUT2D eigenvalue weighted by Crippen LogP contribution is -2.13. The molecule has 0 radical (unpaired) electrons. The van der Waals surface area contributed by atoms with Crippen molar-refractivity contribution >= 4 is 11.5 Å². The first-order valence-electron chi connectivity index (χ1n) is 5.33. The Hall–Kier alpha value is -2.16. The van der Waals surface area contributed by atoms with Crippen molar-refractivity contribution < 1.29 is 4.92 Å². The lowest BCUT2D eigenvalue weighted by atomic mass is 10.1. The molecular formula is C11H12N4O2. The zero-order valence-electron chi connectivity index (χ0n) is 9.43. The Labute approximate surface area is 98.4 Å². The molecule has 1 heterocycles. The van der Waals surface area contributed by atoms with Gasteiger partial charge in [0.15, 0.2) is 0 Å². The largest absolute Gasteiger partial charge is 0.369 e. The van der Waals surface area contributed by atoms with E-state index in [0.717, 1.165) is 6.54 Å². The van der Waals surface area contributed by atoms with E-state index in [1.807, 2.05) is 0 Å². The third-order valence-corrected chi connectivity index (χ3v) is 2.98. The Balaban J connectivity index is 2.14. The molecule has 17 heavy (non-hydrogen) atoms. The molecule has 1 aromatic rings. The van der Waals surface area contributed by atoms with E-state index in [1.54, 1.807) is 6.07 Å². The summed E-state index contributed by atoms with van der Waals surface area (Å²) in [7, 11) is 0. The quantitative estimate of drug-likeness (QED) is 0.633. The monoisotopic (exact) mass is 232 g/mol. The van der Waals surface area contributed by atoms with Crippen LogP contribution in [-0.2, 0) is 0 Å². The molecule has 1 saturated carbocycles. The van der Waals surface area contributed by atoms with Gasteiger partial charge >= 0.3 is 5.69 Å². The Bertz CT molecular complexity index is 503. The predicted molar refractivity (Wildman–Crippen MR) is 61.4 cm³/mol. The zero-order valence-corrected chi connectivity index (χ0v) is 9.43. The molecule has 0 saturated heterocycles. The molecule has 0 spiro atoms. The Morgan fingerprint density at radius 1 is 1.65 bits per heavy atom. The van der Waals surface area contributed by atoms with Crippen molar-refractivity contribution in [2.75, 3.05) is 11.9 Å². The first kappa shape index (κ1) is 11.3. The Morgan fingerprint density at radius 2 is 2.35 bits per heavy atom. The smallest absolute Gasteiger partial charge is 0.305 e. The summed E-state index contributed by atoms with van der Waals surface area (Å²) in [6.45, 7) is 2.94. The number of anilines is 1. The second-order valence-corrected chi connectivity index (χ2v) is 4.60. The number of nitrogens with zero attached hydrogens (tertiary/aromatic N) is 3. The lowest BCUT2D eigenvalue weighted by molar-refractivity contribution is -0.385. The maximum absolute atomic E-state index is 10.6. The van der Waals surface area contributed by atoms with Crippen molar-refractivity contribution in [3.63, 3.8) is 0 Å². The van der Waals surface area contributed by atoms with Gasteiger partial charge < -0.3 is 5.32 Å². The van der Waals surface area contributed by atoms with Crippen LogP contribution in [0.2, 0.25) is 0 Å². The first-order chi connectivity index (χ1) is 8.04. The second kappa shape index (κ2) is 4.01. The minimum absolute atomic E-state index is 0.152. The van der Waals surface area contributed by atoms with E-state index in [1.165, 1.54) is 25.0 Å². The van der Waals surface area contributed by atoms with E-state index >= 15 is 0 Å². The van der Waals surface area contributed by atoms with Gasteiger partial charge in [-0.05, 0) is 24.3 Å². The topological polar surface area (TPSA) is 91.9 Å². The SMILES string of the molecule is CC1(CNc2ccc([N+](=O)[O-])c(C#N)n2)CC1. The molecule has 1 aliphatic rings. The van der Waals surface area contributed by atoms with Crippen molar-refractivity contribution in [3.8, 4) is 6.07 Å². The van der Waals surface area contributed by atoms with Gasteiger partial charge in [0.1, 0.15) is 11.9 Å². The van der Waals surface area contributed by atoms with Crippen LogP contribution in [0.1, 0.15) is 25.5 Å². The van der Waals surface area contributed by atoms with Crippen molar-refractivity contribution in [3.05, 3.63) is 27.9 Å². The number of rotatable bonds is 4. The summed E-state index contributed by atoms with van der Waals surface area (Å²) < 4.78 is 0. The summed E-state index contributed by atoms with van der Waals surface area (Å²) in [5, 5.41) is 22.5. The predicted octanol–water partition coefficient (Wildman–Crippen LogP) is 2.07. The van der Waals surface area contributed by atoms with Gasteiger partial charge in [-0.2, -0.15) is 5.26 Å². The fourth-order valence-corrected chi connectivity index (χ4v) is 1.47. The van der Waals surface area contributed by atoms with Crippen LogP contribution < -0.4 is 5.32 Å². The van der Waals surface area contributed by atoms with Gasteiger partial charge in [-0.25, -0.2) is 4.98 Å². The number of nitriles is 1. The van der Waals surface area contributed by atoms with Gasteiger partial charge in [-0.15, -0.1) is 0 Å².